The molecule has 1 saturated heterocycles. The molecular weight excluding hydrogens is 350 g/mol. The Balaban J connectivity index is 2.06. The van der Waals surface area contributed by atoms with E-state index >= 15 is 0 Å². The normalized spacial score (nSPS) is 19.3. The van der Waals surface area contributed by atoms with Gasteiger partial charge in [0.15, 0.2) is 0 Å². The molecule has 0 bridgehead atoms. The number of hydrogen-bond acceptors (Lipinski definition) is 5. The number of aliphatic hydroxyl groups is 1. The molecule has 0 atom stereocenters. The summed E-state index contributed by atoms with van der Waals surface area (Å²) in [6.45, 7) is 6.32. The van der Waals surface area contributed by atoms with E-state index in [1.54, 1.807) is 35.7 Å². The number of benzene rings is 1. The van der Waals surface area contributed by atoms with Gasteiger partial charge in [-0.1, -0.05) is 32.9 Å². The summed E-state index contributed by atoms with van der Waals surface area (Å²) in [5.41, 5.74) is 0.0934. The van der Waals surface area contributed by atoms with Crippen molar-refractivity contribution in [2.45, 2.75) is 36.7 Å². The minimum atomic E-state index is -3.60. The van der Waals surface area contributed by atoms with Gasteiger partial charge in [-0.25, -0.2) is 13.1 Å². The summed E-state index contributed by atoms with van der Waals surface area (Å²) in [4.78, 5) is 0.239. The van der Waals surface area contributed by atoms with E-state index < -0.39 is 15.6 Å². The van der Waals surface area contributed by atoms with E-state index in [0.29, 0.717) is 11.5 Å². The fraction of sp³-hybridized carbons (Fsp3) is 0.625. The minimum Gasteiger partial charge on any atom is -0.387 e. The van der Waals surface area contributed by atoms with Gasteiger partial charge < -0.3 is 5.11 Å². The van der Waals surface area contributed by atoms with E-state index in [2.05, 4.69) is 25.5 Å². The van der Waals surface area contributed by atoms with Crippen molar-refractivity contribution in [2.75, 3.05) is 29.6 Å². The predicted molar refractivity (Wildman–Crippen MR) is 99.9 cm³/mol. The van der Waals surface area contributed by atoms with E-state index in [1.807, 2.05) is 12.1 Å². The molecule has 23 heavy (non-hydrogen) atoms. The number of hydrogen-bond donors (Lipinski definition) is 2. The SMILES string of the molecule is CC(C)(C)c1ccc(S(=O)(=O)NCC2(O)CSCCSC2)cc1. The fourth-order valence-corrected chi connectivity index (χ4v) is 5.88. The van der Waals surface area contributed by atoms with Crippen LogP contribution in [0.5, 0.6) is 0 Å². The first kappa shape index (κ1) is 19.1. The molecule has 0 aliphatic carbocycles. The van der Waals surface area contributed by atoms with Crippen molar-refractivity contribution in [3.8, 4) is 0 Å². The lowest BCUT2D eigenvalue weighted by Gasteiger charge is -2.25. The minimum absolute atomic E-state index is 0.0142. The van der Waals surface area contributed by atoms with Gasteiger partial charge in [-0.3, -0.25) is 0 Å². The molecule has 4 nitrogen and oxygen atoms in total. The molecule has 0 saturated carbocycles. The number of thioether (sulfide) groups is 2. The Morgan fingerprint density at radius 1 is 1.13 bits per heavy atom. The van der Waals surface area contributed by atoms with Crippen LogP contribution in [0.15, 0.2) is 29.2 Å². The monoisotopic (exact) mass is 375 g/mol. The molecule has 0 radical (unpaired) electrons. The molecule has 7 heteroatoms. The van der Waals surface area contributed by atoms with Crippen LogP contribution in [0.2, 0.25) is 0 Å². The Bertz CT molecular complexity index is 613. The molecule has 1 aliphatic rings. The predicted octanol–water partition coefficient (Wildman–Crippen LogP) is 2.47. The van der Waals surface area contributed by atoms with Gasteiger partial charge in [0.2, 0.25) is 10.0 Å². The van der Waals surface area contributed by atoms with E-state index in [9.17, 15) is 13.5 Å². The first-order valence-electron chi connectivity index (χ1n) is 7.61. The van der Waals surface area contributed by atoms with Gasteiger partial charge in [0.05, 0.1) is 10.5 Å². The Morgan fingerprint density at radius 3 is 2.13 bits per heavy atom. The molecule has 0 spiro atoms. The molecule has 0 unspecified atom stereocenters. The maximum absolute atomic E-state index is 12.4. The van der Waals surface area contributed by atoms with Gasteiger partial charge in [-0.15, -0.1) is 0 Å². The summed E-state index contributed by atoms with van der Waals surface area (Å²) in [6, 6.07) is 6.95. The summed E-state index contributed by atoms with van der Waals surface area (Å²) in [5, 5.41) is 10.5. The molecule has 0 amide bonds. The lowest BCUT2D eigenvalue weighted by atomic mass is 9.87. The lowest BCUT2D eigenvalue weighted by Crippen LogP contribution is -2.46. The average molecular weight is 376 g/mol. The second kappa shape index (κ2) is 7.35. The number of rotatable bonds is 4. The highest BCUT2D eigenvalue weighted by molar-refractivity contribution is 8.03. The van der Waals surface area contributed by atoms with Gasteiger partial charge in [0.1, 0.15) is 0 Å². The van der Waals surface area contributed by atoms with Gasteiger partial charge in [-0.2, -0.15) is 23.5 Å². The molecule has 0 aromatic heterocycles. The quantitative estimate of drug-likeness (QED) is 0.846. The van der Waals surface area contributed by atoms with Gasteiger partial charge >= 0.3 is 0 Å². The highest BCUT2D eigenvalue weighted by Crippen LogP contribution is 2.26. The molecule has 1 aromatic carbocycles. The van der Waals surface area contributed by atoms with E-state index in [0.717, 1.165) is 17.1 Å². The highest BCUT2D eigenvalue weighted by Gasteiger charge is 2.31. The van der Waals surface area contributed by atoms with Crippen LogP contribution in [0.25, 0.3) is 0 Å². The number of sulfonamides is 1. The first-order chi connectivity index (χ1) is 10.6. The zero-order chi connectivity index (χ0) is 17.1. The topological polar surface area (TPSA) is 66.4 Å². The Labute approximate surface area is 147 Å². The van der Waals surface area contributed by atoms with Crippen molar-refractivity contribution in [2.24, 2.45) is 0 Å². The lowest BCUT2D eigenvalue weighted by molar-refractivity contribution is 0.0962. The fourth-order valence-electron chi connectivity index (χ4n) is 2.23. The van der Waals surface area contributed by atoms with Crippen LogP contribution in [0.1, 0.15) is 26.3 Å². The maximum Gasteiger partial charge on any atom is 0.240 e. The van der Waals surface area contributed by atoms with Crippen LogP contribution in [-0.4, -0.2) is 48.7 Å². The summed E-state index contributed by atoms with van der Waals surface area (Å²) in [5.74, 6) is 3.11. The second-order valence-electron chi connectivity index (χ2n) is 6.93. The number of nitrogens with one attached hydrogen (secondary N) is 1. The molecule has 130 valence electrons. The van der Waals surface area contributed by atoms with E-state index in [1.165, 1.54) is 0 Å². The first-order valence-corrected chi connectivity index (χ1v) is 11.4. The third-order valence-electron chi connectivity index (χ3n) is 3.74. The molecule has 1 heterocycles. The van der Waals surface area contributed by atoms with Gasteiger partial charge in [-0.05, 0) is 23.1 Å². The zero-order valence-electron chi connectivity index (χ0n) is 13.8. The van der Waals surface area contributed by atoms with Crippen LogP contribution in [0.3, 0.4) is 0 Å². The Kier molecular flexibility index (Phi) is 6.11. The summed E-state index contributed by atoms with van der Waals surface area (Å²) < 4.78 is 27.4. The molecule has 1 aromatic rings. The van der Waals surface area contributed by atoms with Crippen LogP contribution in [-0.2, 0) is 15.4 Å². The molecule has 1 fully saturated rings. The van der Waals surface area contributed by atoms with Gasteiger partial charge in [0.25, 0.3) is 0 Å². The average Bonchev–Trinajstić information content (AvgIpc) is 2.70. The van der Waals surface area contributed by atoms with Crippen molar-refractivity contribution in [1.82, 2.24) is 4.72 Å². The van der Waals surface area contributed by atoms with Crippen molar-refractivity contribution in [3.05, 3.63) is 29.8 Å². The third-order valence-corrected chi connectivity index (χ3v) is 7.88. The summed E-state index contributed by atoms with van der Waals surface area (Å²) in [7, 11) is -3.60. The smallest absolute Gasteiger partial charge is 0.240 e. The Hall–Kier alpha value is -0.210. The summed E-state index contributed by atoms with van der Waals surface area (Å²) in [6.07, 6.45) is 0. The van der Waals surface area contributed by atoms with E-state index in [-0.39, 0.29) is 16.9 Å². The zero-order valence-corrected chi connectivity index (χ0v) is 16.3. The third kappa shape index (κ3) is 5.39. The van der Waals surface area contributed by atoms with Crippen molar-refractivity contribution in [1.29, 1.82) is 0 Å². The van der Waals surface area contributed by atoms with Gasteiger partial charge in [0, 0.05) is 29.6 Å². The Morgan fingerprint density at radius 2 is 1.65 bits per heavy atom. The van der Waals surface area contributed by atoms with Crippen molar-refractivity contribution in [3.63, 3.8) is 0 Å². The van der Waals surface area contributed by atoms with Crippen molar-refractivity contribution < 1.29 is 13.5 Å². The molecule has 2 rings (SSSR count). The van der Waals surface area contributed by atoms with Crippen LogP contribution < -0.4 is 4.72 Å². The van der Waals surface area contributed by atoms with Crippen LogP contribution in [0, 0.1) is 0 Å². The van der Waals surface area contributed by atoms with E-state index in [4.69, 9.17) is 0 Å². The van der Waals surface area contributed by atoms with Crippen molar-refractivity contribution >= 4 is 33.5 Å². The van der Waals surface area contributed by atoms with Crippen LogP contribution >= 0.6 is 23.5 Å². The standard InChI is InChI=1S/C16H25NO3S3/c1-15(2,3)13-4-6-14(7-5-13)23(19,20)17-10-16(18)11-21-8-9-22-12-16/h4-7,17-18H,8-12H2,1-3H3. The van der Waals surface area contributed by atoms with Crippen LogP contribution in [0.4, 0.5) is 0 Å². The molecule has 2 N–H and O–H groups in total. The largest absolute Gasteiger partial charge is 0.387 e. The second-order valence-corrected chi connectivity index (χ2v) is 10.9. The maximum atomic E-state index is 12.4. The summed E-state index contributed by atoms with van der Waals surface area (Å²) >= 11 is 3.34. The molecular formula is C16H25NO3S3. The molecule has 1 aliphatic heterocycles. The highest BCUT2D eigenvalue weighted by atomic mass is 32.2.